The molecule has 0 bridgehead atoms. The van der Waals surface area contributed by atoms with Gasteiger partial charge in [0.2, 0.25) is 5.82 Å². The zero-order valence-electron chi connectivity index (χ0n) is 13.0. The fourth-order valence-corrected chi connectivity index (χ4v) is 2.36. The first-order valence-corrected chi connectivity index (χ1v) is 7.31. The van der Waals surface area contributed by atoms with Crippen molar-refractivity contribution in [3.63, 3.8) is 0 Å². The molecule has 0 saturated heterocycles. The molecule has 124 valence electrons. The number of hydrogen-bond donors (Lipinski definition) is 5. The highest BCUT2D eigenvalue weighted by Crippen LogP contribution is 2.23. The minimum Gasteiger partial charge on any atom is -0.424 e. The predicted octanol–water partition coefficient (Wildman–Crippen LogP) is -0.226. The number of rotatable bonds is 5. The maximum absolute atomic E-state index is 9.24. The molecule has 0 radical (unpaired) electrons. The van der Waals surface area contributed by atoms with Crippen molar-refractivity contribution in [1.29, 1.82) is 5.41 Å². The molecule has 0 saturated carbocycles. The number of aliphatic hydroxyl groups excluding tert-OH is 1. The standard InChI is InChI=1S/C15H17N7O2/c1-7(5-23)21-14-11(13(17)19-6-20-14)12(16)8-2-3-10-9(4-8)22-15(18)24-10/h2-4,6-7,16,23H,5H2,1H3,(H2,18,22)(H3,17,19,20,21)/p+1. The lowest BCUT2D eigenvalue weighted by molar-refractivity contribution is -0.612. The summed E-state index contributed by atoms with van der Waals surface area (Å²) in [5, 5.41) is 19.5. The van der Waals surface area contributed by atoms with E-state index in [1.165, 1.54) is 6.33 Å². The Kier molecular flexibility index (Phi) is 4.11. The van der Waals surface area contributed by atoms with Gasteiger partial charge in [-0.05, 0) is 25.1 Å². The number of nitrogen functional groups attached to an aromatic ring is 2. The van der Waals surface area contributed by atoms with Crippen molar-refractivity contribution < 1.29 is 14.8 Å². The van der Waals surface area contributed by atoms with Gasteiger partial charge in [0.15, 0.2) is 5.58 Å². The fraction of sp³-hybridized carbons (Fsp3) is 0.200. The van der Waals surface area contributed by atoms with Gasteiger partial charge in [-0.15, -0.1) is 0 Å². The second kappa shape index (κ2) is 6.22. The monoisotopic (exact) mass is 328 g/mol. The number of nitrogens with zero attached hydrogens (tertiary/aromatic N) is 3. The minimum absolute atomic E-state index is 0.0269. The summed E-state index contributed by atoms with van der Waals surface area (Å²) in [4.78, 5) is 12.2. The summed E-state index contributed by atoms with van der Waals surface area (Å²) < 4.78 is 5.24. The van der Waals surface area contributed by atoms with Gasteiger partial charge in [-0.25, -0.2) is 4.98 Å². The van der Waals surface area contributed by atoms with Crippen LogP contribution in [0.25, 0.3) is 11.1 Å². The zero-order valence-corrected chi connectivity index (χ0v) is 13.0. The first-order valence-electron chi connectivity index (χ1n) is 7.31. The number of aromatic nitrogens is 3. The molecule has 9 nitrogen and oxygen atoms in total. The zero-order chi connectivity index (χ0) is 17.3. The topological polar surface area (TPSA) is 165 Å². The number of hydrogen-bond acceptors (Lipinski definition) is 8. The number of aliphatic hydroxyl groups is 1. The predicted molar refractivity (Wildman–Crippen MR) is 88.9 cm³/mol. The quantitative estimate of drug-likeness (QED) is 0.404. The largest absolute Gasteiger partial charge is 0.424 e. The van der Waals surface area contributed by atoms with E-state index >= 15 is 0 Å². The average molecular weight is 328 g/mol. The van der Waals surface area contributed by atoms with Gasteiger partial charge in [-0.2, -0.15) is 9.97 Å². The Hall–Kier alpha value is -3.04. The molecule has 2 aromatic heterocycles. The van der Waals surface area contributed by atoms with Crippen LogP contribution < -0.4 is 16.8 Å². The molecule has 0 spiro atoms. The van der Waals surface area contributed by atoms with Crippen molar-refractivity contribution in [3.8, 4) is 0 Å². The third-order valence-electron chi connectivity index (χ3n) is 3.58. The SMILES string of the molecule is CC(CO)[NH2+]c1ncnc(N)c1C(=N)c1ccc2oc(N)nc2c1. The van der Waals surface area contributed by atoms with Gasteiger partial charge in [0, 0.05) is 5.56 Å². The molecular weight excluding hydrogens is 310 g/mol. The molecule has 0 amide bonds. The van der Waals surface area contributed by atoms with Crippen molar-refractivity contribution in [2.75, 3.05) is 18.1 Å². The first-order chi connectivity index (χ1) is 11.5. The van der Waals surface area contributed by atoms with Crippen molar-refractivity contribution in [3.05, 3.63) is 35.7 Å². The Bertz CT molecular complexity index is 906. The number of oxazole rings is 1. The van der Waals surface area contributed by atoms with Crippen LogP contribution in [0, 0.1) is 5.41 Å². The fourth-order valence-electron chi connectivity index (χ4n) is 2.36. The van der Waals surface area contributed by atoms with E-state index in [2.05, 4.69) is 15.0 Å². The molecule has 1 unspecified atom stereocenters. The number of benzene rings is 1. The van der Waals surface area contributed by atoms with Crippen LogP contribution in [0.1, 0.15) is 18.1 Å². The lowest BCUT2D eigenvalue weighted by Crippen LogP contribution is -2.85. The third-order valence-corrected chi connectivity index (χ3v) is 3.58. The van der Waals surface area contributed by atoms with Crippen LogP contribution in [-0.2, 0) is 0 Å². The van der Waals surface area contributed by atoms with Gasteiger partial charge in [-0.1, -0.05) is 0 Å². The molecule has 1 atom stereocenters. The average Bonchev–Trinajstić information content (AvgIpc) is 2.93. The van der Waals surface area contributed by atoms with Crippen molar-refractivity contribution >= 4 is 34.5 Å². The van der Waals surface area contributed by atoms with E-state index in [1.54, 1.807) is 23.5 Å². The maximum Gasteiger partial charge on any atom is 0.292 e. The molecule has 3 aromatic rings. The van der Waals surface area contributed by atoms with E-state index in [4.69, 9.17) is 21.3 Å². The lowest BCUT2D eigenvalue weighted by Gasteiger charge is -2.12. The van der Waals surface area contributed by atoms with E-state index in [0.29, 0.717) is 28.0 Å². The minimum atomic E-state index is -0.122. The molecule has 0 fully saturated rings. The van der Waals surface area contributed by atoms with E-state index in [-0.39, 0.29) is 30.2 Å². The summed E-state index contributed by atoms with van der Waals surface area (Å²) >= 11 is 0. The molecular formula is C15H18N7O2+. The van der Waals surface area contributed by atoms with Gasteiger partial charge in [0.1, 0.15) is 29.3 Å². The molecule has 3 rings (SSSR count). The Morgan fingerprint density at radius 1 is 1.38 bits per heavy atom. The molecule has 24 heavy (non-hydrogen) atoms. The number of nitrogens with one attached hydrogen (secondary N) is 1. The van der Waals surface area contributed by atoms with Crippen LogP contribution in [0.15, 0.2) is 28.9 Å². The summed E-state index contributed by atoms with van der Waals surface area (Å²) in [6, 6.07) is 5.07. The van der Waals surface area contributed by atoms with Crippen molar-refractivity contribution in [2.24, 2.45) is 0 Å². The van der Waals surface area contributed by atoms with E-state index < -0.39 is 0 Å². The first kappa shape index (κ1) is 15.8. The second-order valence-corrected chi connectivity index (χ2v) is 5.46. The lowest BCUT2D eigenvalue weighted by atomic mass is 10.0. The van der Waals surface area contributed by atoms with Crippen LogP contribution in [0.3, 0.4) is 0 Å². The van der Waals surface area contributed by atoms with E-state index in [1.807, 2.05) is 6.92 Å². The van der Waals surface area contributed by atoms with Gasteiger partial charge in [0.25, 0.3) is 6.01 Å². The molecule has 8 N–H and O–H groups in total. The molecule has 0 aliphatic heterocycles. The van der Waals surface area contributed by atoms with Gasteiger partial charge in [0.05, 0.1) is 12.3 Å². The van der Waals surface area contributed by atoms with Gasteiger partial charge in [-0.3, -0.25) is 10.7 Å². The highest BCUT2D eigenvalue weighted by molar-refractivity contribution is 6.16. The van der Waals surface area contributed by atoms with Crippen LogP contribution in [0.2, 0.25) is 0 Å². The van der Waals surface area contributed by atoms with Crippen LogP contribution in [-0.4, -0.2) is 38.4 Å². The number of anilines is 2. The highest BCUT2D eigenvalue weighted by atomic mass is 16.4. The van der Waals surface area contributed by atoms with E-state index in [9.17, 15) is 5.11 Å². The molecule has 0 aliphatic carbocycles. The number of quaternary nitrogens is 1. The molecule has 2 heterocycles. The third kappa shape index (κ3) is 2.90. The van der Waals surface area contributed by atoms with Crippen LogP contribution in [0.4, 0.5) is 17.7 Å². The summed E-state index contributed by atoms with van der Waals surface area (Å²) in [6.45, 7) is 1.82. The maximum atomic E-state index is 9.24. The number of fused-ring (bicyclic) bond motifs is 1. The van der Waals surface area contributed by atoms with Gasteiger partial charge >= 0.3 is 0 Å². The van der Waals surface area contributed by atoms with Crippen LogP contribution in [0.5, 0.6) is 0 Å². The second-order valence-electron chi connectivity index (χ2n) is 5.46. The summed E-state index contributed by atoms with van der Waals surface area (Å²) in [6.07, 6.45) is 1.34. The Morgan fingerprint density at radius 2 is 2.17 bits per heavy atom. The summed E-state index contributed by atoms with van der Waals surface area (Å²) in [5.41, 5.74) is 13.8. The molecule has 0 aliphatic rings. The summed E-state index contributed by atoms with van der Waals surface area (Å²) in [7, 11) is 0. The van der Waals surface area contributed by atoms with Crippen molar-refractivity contribution in [2.45, 2.75) is 13.0 Å². The van der Waals surface area contributed by atoms with Crippen LogP contribution >= 0.6 is 0 Å². The number of nitrogens with two attached hydrogens (primary N) is 3. The van der Waals surface area contributed by atoms with Crippen molar-refractivity contribution in [1.82, 2.24) is 15.0 Å². The van der Waals surface area contributed by atoms with Gasteiger partial charge < -0.3 is 21.0 Å². The smallest absolute Gasteiger partial charge is 0.292 e. The Labute approximate surface area is 137 Å². The Balaban J connectivity index is 2.04. The highest BCUT2D eigenvalue weighted by Gasteiger charge is 2.21. The Morgan fingerprint density at radius 3 is 2.92 bits per heavy atom. The summed E-state index contributed by atoms with van der Waals surface area (Å²) in [5.74, 6) is 0.708. The van der Waals surface area contributed by atoms with E-state index in [0.717, 1.165) is 0 Å². The normalized spacial score (nSPS) is 12.4. The molecule has 1 aromatic carbocycles. The molecule has 9 heteroatoms.